The second-order valence-electron chi connectivity index (χ2n) is 2.50. The highest BCUT2D eigenvalue weighted by molar-refractivity contribution is 5.93. The molecule has 0 heterocycles. The lowest BCUT2D eigenvalue weighted by Gasteiger charge is -1.97. The molecule has 5 nitrogen and oxygen atoms in total. The second kappa shape index (κ2) is 6.19. The third-order valence-corrected chi connectivity index (χ3v) is 1.63. The minimum Gasteiger partial charge on any atom is -0.366 e. The summed E-state index contributed by atoms with van der Waals surface area (Å²) in [7, 11) is 0. The highest BCUT2D eigenvalue weighted by Gasteiger charge is 2.14. The smallest absolute Gasteiger partial charge is 0.285 e. The Labute approximate surface area is 93.4 Å². The van der Waals surface area contributed by atoms with Crippen LogP contribution in [-0.2, 0) is 0 Å². The molecule has 2 N–H and O–H groups in total. The van der Waals surface area contributed by atoms with E-state index >= 15 is 0 Å². The Hall–Kier alpha value is -2.35. The van der Waals surface area contributed by atoms with Gasteiger partial charge in [-0.2, -0.15) is 0 Å². The van der Waals surface area contributed by atoms with Gasteiger partial charge in [-0.1, -0.05) is 19.8 Å². The first kappa shape index (κ1) is 13.7. The molecule has 1 amide bonds. The van der Waals surface area contributed by atoms with Gasteiger partial charge < -0.3 is 5.73 Å². The van der Waals surface area contributed by atoms with Crippen LogP contribution in [0.1, 0.15) is 29.8 Å². The third-order valence-electron chi connectivity index (χ3n) is 1.63. The summed E-state index contributed by atoms with van der Waals surface area (Å²) in [6.45, 7) is 4.00. The molecule has 1 aromatic rings. The van der Waals surface area contributed by atoms with Crippen LogP contribution in [0.2, 0.25) is 0 Å². The first-order chi connectivity index (χ1) is 7.56. The molecule has 0 saturated carbocycles. The number of hydrogen-bond acceptors (Lipinski definition) is 3. The monoisotopic (exact) mass is 220 g/mol. The Morgan fingerprint density at radius 2 is 2.06 bits per heavy atom. The number of terminal acetylenes is 1. The number of nitro benzene ring substituents is 1. The first-order valence-corrected chi connectivity index (χ1v) is 4.61. The van der Waals surface area contributed by atoms with Crippen LogP contribution in [0.15, 0.2) is 18.2 Å². The minimum atomic E-state index is -0.725. The van der Waals surface area contributed by atoms with Crippen LogP contribution in [0.4, 0.5) is 5.69 Å². The summed E-state index contributed by atoms with van der Waals surface area (Å²) in [5, 5.41) is 10.5. The molecule has 0 aliphatic rings. The van der Waals surface area contributed by atoms with Crippen molar-refractivity contribution < 1.29 is 9.72 Å². The number of amides is 1. The predicted octanol–water partition coefficient (Wildman–Crippen LogP) is 1.70. The SMILES string of the molecule is C#Cc1ccc(C(N)=O)cc1[N+](=O)[O-].CC. The molecule has 0 aliphatic carbocycles. The lowest BCUT2D eigenvalue weighted by Crippen LogP contribution is -2.11. The lowest BCUT2D eigenvalue weighted by atomic mass is 10.1. The van der Waals surface area contributed by atoms with Gasteiger partial charge in [-0.15, -0.1) is 6.42 Å². The van der Waals surface area contributed by atoms with Crippen LogP contribution >= 0.6 is 0 Å². The Kier molecular flexibility index (Phi) is 5.28. The molecule has 0 bridgehead atoms. The summed E-state index contributed by atoms with van der Waals surface area (Å²) in [6, 6.07) is 3.74. The number of benzene rings is 1. The third kappa shape index (κ3) is 3.10. The van der Waals surface area contributed by atoms with Crippen LogP contribution in [0.5, 0.6) is 0 Å². The van der Waals surface area contributed by atoms with Crippen molar-refractivity contribution in [3.8, 4) is 12.3 Å². The van der Waals surface area contributed by atoms with Gasteiger partial charge in [-0.3, -0.25) is 14.9 Å². The molecule has 0 unspecified atom stereocenters. The normalized spacial score (nSPS) is 8.31. The number of rotatable bonds is 2. The van der Waals surface area contributed by atoms with Crippen molar-refractivity contribution in [3.63, 3.8) is 0 Å². The van der Waals surface area contributed by atoms with Crippen LogP contribution in [0, 0.1) is 22.5 Å². The number of nitrogens with zero attached hydrogens (tertiary/aromatic N) is 1. The summed E-state index contributed by atoms with van der Waals surface area (Å²) in [5.74, 6) is 1.42. The van der Waals surface area contributed by atoms with E-state index < -0.39 is 10.8 Å². The van der Waals surface area contributed by atoms with Crippen LogP contribution in [0.3, 0.4) is 0 Å². The van der Waals surface area contributed by atoms with Gasteiger partial charge >= 0.3 is 0 Å². The van der Waals surface area contributed by atoms with Gasteiger partial charge in [0, 0.05) is 11.6 Å². The molecule has 0 aromatic heterocycles. The van der Waals surface area contributed by atoms with Crippen molar-refractivity contribution >= 4 is 11.6 Å². The Bertz CT molecular complexity index is 447. The van der Waals surface area contributed by atoms with Crippen molar-refractivity contribution in [2.75, 3.05) is 0 Å². The minimum absolute atomic E-state index is 0.0655. The molecule has 5 heteroatoms. The molecule has 1 rings (SSSR count). The molecule has 0 aliphatic heterocycles. The molecule has 1 aromatic carbocycles. The van der Waals surface area contributed by atoms with Gasteiger partial charge in [0.05, 0.1) is 4.92 Å². The molecule has 16 heavy (non-hydrogen) atoms. The van der Waals surface area contributed by atoms with Gasteiger partial charge in [-0.05, 0) is 12.1 Å². The maximum atomic E-state index is 10.7. The number of nitrogens with two attached hydrogens (primary N) is 1. The average Bonchev–Trinajstić information content (AvgIpc) is 2.30. The maximum Gasteiger partial charge on any atom is 0.285 e. The summed E-state index contributed by atoms with van der Waals surface area (Å²) < 4.78 is 0. The van der Waals surface area contributed by atoms with E-state index in [1.54, 1.807) is 0 Å². The van der Waals surface area contributed by atoms with Crippen molar-refractivity contribution in [3.05, 3.63) is 39.4 Å². The summed E-state index contributed by atoms with van der Waals surface area (Å²) in [6.07, 6.45) is 5.04. The Morgan fingerprint density at radius 1 is 1.50 bits per heavy atom. The fraction of sp³-hybridized carbons (Fsp3) is 0.182. The summed E-state index contributed by atoms with van der Waals surface area (Å²) in [4.78, 5) is 20.6. The molecule has 0 atom stereocenters. The van der Waals surface area contributed by atoms with Gasteiger partial charge in [0.1, 0.15) is 5.56 Å². The van der Waals surface area contributed by atoms with Crippen molar-refractivity contribution in [1.29, 1.82) is 0 Å². The van der Waals surface area contributed by atoms with Gasteiger partial charge in [0.25, 0.3) is 5.69 Å². The van der Waals surface area contributed by atoms with E-state index in [1.165, 1.54) is 12.1 Å². The van der Waals surface area contributed by atoms with E-state index in [0.29, 0.717) is 0 Å². The number of primary amides is 1. The Balaban J connectivity index is 0.00000106. The topological polar surface area (TPSA) is 86.2 Å². The van der Waals surface area contributed by atoms with Gasteiger partial charge in [0.2, 0.25) is 5.91 Å². The highest BCUT2D eigenvalue weighted by atomic mass is 16.6. The largest absolute Gasteiger partial charge is 0.366 e. The zero-order valence-corrected chi connectivity index (χ0v) is 9.06. The fourth-order valence-electron chi connectivity index (χ4n) is 0.958. The van der Waals surface area contributed by atoms with Gasteiger partial charge in [0.15, 0.2) is 0 Å². The van der Waals surface area contributed by atoms with Gasteiger partial charge in [-0.25, -0.2) is 0 Å². The van der Waals surface area contributed by atoms with Crippen LogP contribution in [-0.4, -0.2) is 10.8 Å². The molecule has 84 valence electrons. The summed E-state index contributed by atoms with van der Waals surface area (Å²) >= 11 is 0. The number of carbonyl (C=O) groups excluding carboxylic acids is 1. The van der Waals surface area contributed by atoms with E-state index in [-0.39, 0.29) is 16.8 Å². The zero-order valence-electron chi connectivity index (χ0n) is 9.06. The average molecular weight is 220 g/mol. The number of nitro groups is 1. The first-order valence-electron chi connectivity index (χ1n) is 4.61. The van der Waals surface area contributed by atoms with Crippen molar-refractivity contribution in [1.82, 2.24) is 0 Å². The van der Waals surface area contributed by atoms with E-state index in [2.05, 4.69) is 5.92 Å². The standard InChI is InChI=1S/C9H6N2O3.C2H6/c1-2-6-3-4-7(9(10)12)5-8(6)11(13)14;1-2/h1,3-5H,(H2,10,12);1-2H3. The van der Waals surface area contributed by atoms with Crippen molar-refractivity contribution in [2.24, 2.45) is 5.73 Å². The molecule has 0 spiro atoms. The van der Waals surface area contributed by atoms with E-state index in [0.717, 1.165) is 6.07 Å². The highest BCUT2D eigenvalue weighted by Crippen LogP contribution is 2.18. The molecule has 0 fully saturated rings. The fourth-order valence-corrected chi connectivity index (χ4v) is 0.958. The maximum absolute atomic E-state index is 10.7. The summed E-state index contributed by atoms with van der Waals surface area (Å²) in [5.41, 5.74) is 4.86. The number of hydrogen-bond donors (Lipinski definition) is 1. The van der Waals surface area contributed by atoms with Crippen LogP contribution in [0.25, 0.3) is 0 Å². The molecular formula is C11H12N2O3. The quantitative estimate of drug-likeness (QED) is 0.467. The zero-order chi connectivity index (χ0) is 12.7. The van der Waals surface area contributed by atoms with Crippen LogP contribution < -0.4 is 5.73 Å². The second-order valence-corrected chi connectivity index (χ2v) is 2.50. The van der Waals surface area contributed by atoms with Crippen molar-refractivity contribution in [2.45, 2.75) is 13.8 Å². The number of carbonyl (C=O) groups is 1. The van der Waals surface area contributed by atoms with E-state index in [9.17, 15) is 14.9 Å². The predicted molar refractivity (Wildman–Crippen MR) is 60.9 cm³/mol. The van der Waals surface area contributed by atoms with E-state index in [1.807, 2.05) is 13.8 Å². The molecular weight excluding hydrogens is 208 g/mol. The Morgan fingerprint density at radius 3 is 2.44 bits per heavy atom. The lowest BCUT2D eigenvalue weighted by molar-refractivity contribution is -0.385. The molecule has 0 saturated heterocycles. The van der Waals surface area contributed by atoms with E-state index in [4.69, 9.17) is 12.2 Å². The molecule has 0 radical (unpaired) electrons.